The predicted molar refractivity (Wildman–Crippen MR) is 106 cm³/mol. The highest BCUT2D eigenvalue weighted by Gasteiger charge is 2.28. The average molecular weight is 369 g/mol. The molecule has 1 N–H and O–H groups in total. The van der Waals surface area contributed by atoms with Crippen LogP contribution in [-0.2, 0) is 4.79 Å². The Morgan fingerprint density at radius 3 is 2.26 bits per heavy atom. The number of nitrogens with one attached hydrogen (secondary N) is 1. The van der Waals surface area contributed by atoms with E-state index in [0.717, 1.165) is 29.0 Å². The quantitative estimate of drug-likeness (QED) is 0.730. The summed E-state index contributed by atoms with van der Waals surface area (Å²) in [5.74, 6) is 2.20. The SMILES string of the molecule is CCCOc1ccc([C@@H]2CC(=O)Nc3cc(OCC)c(OCC)cc32)cc1. The third kappa shape index (κ3) is 4.35. The zero-order valence-electron chi connectivity index (χ0n) is 16.2. The molecule has 2 aromatic carbocycles. The predicted octanol–water partition coefficient (Wildman–Crippen LogP) is 4.75. The van der Waals surface area contributed by atoms with Crippen molar-refractivity contribution in [3.63, 3.8) is 0 Å². The van der Waals surface area contributed by atoms with Crippen molar-refractivity contribution in [3.05, 3.63) is 47.5 Å². The standard InChI is InChI=1S/C22H27NO4/c1-4-11-27-16-9-7-15(8-10-16)17-13-22(24)23-19-14-21(26-6-3)20(25-5-2)12-18(17)19/h7-10,12,14,17H,4-6,11,13H2,1-3H3,(H,23,24)/t17-/m0/s1. The highest BCUT2D eigenvalue weighted by Crippen LogP contribution is 2.43. The molecule has 0 saturated carbocycles. The molecule has 0 aromatic heterocycles. The van der Waals surface area contributed by atoms with Gasteiger partial charge in [-0.1, -0.05) is 19.1 Å². The summed E-state index contributed by atoms with van der Waals surface area (Å²) in [7, 11) is 0. The molecule has 27 heavy (non-hydrogen) atoms. The number of fused-ring (bicyclic) bond motifs is 1. The Morgan fingerprint density at radius 2 is 1.63 bits per heavy atom. The summed E-state index contributed by atoms with van der Waals surface area (Å²) < 4.78 is 17.1. The maximum atomic E-state index is 12.3. The number of benzene rings is 2. The van der Waals surface area contributed by atoms with Gasteiger partial charge in [0.2, 0.25) is 5.91 Å². The summed E-state index contributed by atoms with van der Waals surface area (Å²) in [4.78, 5) is 12.3. The molecular formula is C22H27NO4. The van der Waals surface area contributed by atoms with Gasteiger partial charge in [0.25, 0.3) is 0 Å². The van der Waals surface area contributed by atoms with Crippen LogP contribution in [0.4, 0.5) is 5.69 Å². The minimum Gasteiger partial charge on any atom is -0.494 e. The minimum atomic E-state index is -0.0242. The summed E-state index contributed by atoms with van der Waals surface area (Å²) in [6.45, 7) is 7.75. The topological polar surface area (TPSA) is 56.8 Å². The molecule has 0 unspecified atom stereocenters. The van der Waals surface area contributed by atoms with Gasteiger partial charge in [-0.05, 0) is 49.6 Å². The molecule has 0 saturated heterocycles. The molecule has 0 bridgehead atoms. The van der Waals surface area contributed by atoms with Gasteiger partial charge >= 0.3 is 0 Å². The maximum Gasteiger partial charge on any atom is 0.225 e. The Morgan fingerprint density at radius 1 is 0.963 bits per heavy atom. The van der Waals surface area contributed by atoms with E-state index in [0.29, 0.717) is 37.7 Å². The van der Waals surface area contributed by atoms with Crippen molar-refractivity contribution in [1.29, 1.82) is 0 Å². The van der Waals surface area contributed by atoms with E-state index in [1.807, 2.05) is 50.2 Å². The molecule has 0 aliphatic carbocycles. The van der Waals surface area contributed by atoms with Crippen molar-refractivity contribution in [1.82, 2.24) is 0 Å². The van der Waals surface area contributed by atoms with Gasteiger partial charge in [0.05, 0.1) is 19.8 Å². The van der Waals surface area contributed by atoms with E-state index in [1.165, 1.54) is 0 Å². The molecule has 1 heterocycles. The molecule has 5 heteroatoms. The van der Waals surface area contributed by atoms with Crippen LogP contribution in [0.25, 0.3) is 0 Å². The van der Waals surface area contributed by atoms with Gasteiger partial charge in [-0.2, -0.15) is 0 Å². The lowest BCUT2D eigenvalue weighted by Gasteiger charge is -2.27. The fourth-order valence-corrected chi connectivity index (χ4v) is 3.32. The number of rotatable bonds is 8. The normalized spacial score (nSPS) is 15.7. The summed E-state index contributed by atoms with van der Waals surface area (Å²) in [5, 5.41) is 2.97. The fraction of sp³-hybridized carbons (Fsp3) is 0.409. The number of carbonyl (C=O) groups excluding carboxylic acids is 1. The minimum absolute atomic E-state index is 0.00502. The van der Waals surface area contributed by atoms with Gasteiger partial charge in [-0.15, -0.1) is 0 Å². The first-order valence-electron chi connectivity index (χ1n) is 9.62. The van der Waals surface area contributed by atoms with Crippen molar-refractivity contribution in [3.8, 4) is 17.2 Å². The lowest BCUT2D eigenvalue weighted by atomic mass is 9.84. The zero-order valence-corrected chi connectivity index (χ0v) is 16.2. The summed E-state index contributed by atoms with van der Waals surface area (Å²) >= 11 is 0. The van der Waals surface area contributed by atoms with E-state index in [9.17, 15) is 4.79 Å². The van der Waals surface area contributed by atoms with Crippen LogP contribution >= 0.6 is 0 Å². The number of anilines is 1. The van der Waals surface area contributed by atoms with Crippen LogP contribution in [0, 0.1) is 0 Å². The molecule has 0 fully saturated rings. The van der Waals surface area contributed by atoms with Gasteiger partial charge < -0.3 is 19.5 Å². The Hall–Kier alpha value is -2.69. The number of hydrogen-bond acceptors (Lipinski definition) is 4. The lowest BCUT2D eigenvalue weighted by molar-refractivity contribution is -0.116. The second-order valence-corrected chi connectivity index (χ2v) is 6.47. The van der Waals surface area contributed by atoms with Crippen molar-refractivity contribution >= 4 is 11.6 Å². The second kappa shape index (κ2) is 8.80. The van der Waals surface area contributed by atoms with E-state index < -0.39 is 0 Å². The van der Waals surface area contributed by atoms with E-state index >= 15 is 0 Å². The Bertz CT molecular complexity index is 786. The molecule has 1 aliphatic rings. The third-order valence-electron chi connectivity index (χ3n) is 4.51. The summed E-state index contributed by atoms with van der Waals surface area (Å²) in [6.07, 6.45) is 1.38. The van der Waals surface area contributed by atoms with Gasteiger partial charge in [-0.3, -0.25) is 4.79 Å². The highest BCUT2D eigenvalue weighted by atomic mass is 16.5. The number of amides is 1. The molecule has 5 nitrogen and oxygen atoms in total. The van der Waals surface area contributed by atoms with E-state index in [1.54, 1.807) is 0 Å². The third-order valence-corrected chi connectivity index (χ3v) is 4.51. The molecule has 1 atom stereocenters. The highest BCUT2D eigenvalue weighted by molar-refractivity contribution is 5.96. The van der Waals surface area contributed by atoms with Crippen LogP contribution in [0.5, 0.6) is 17.2 Å². The smallest absolute Gasteiger partial charge is 0.225 e. The van der Waals surface area contributed by atoms with E-state index in [-0.39, 0.29) is 11.8 Å². The van der Waals surface area contributed by atoms with Crippen molar-refractivity contribution in [2.24, 2.45) is 0 Å². The lowest BCUT2D eigenvalue weighted by Crippen LogP contribution is -2.23. The average Bonchev–Trinajstić information content (AvgIpc) is 2.67. The Labute approximate surface area is 160 Å². The molecular weight excluding hydrogens is 342 g/mol. The Balaban J connectivity index is 1.96. The van der Waals surface area contributed by atoms with Crippen molar-refractivity contribution < 1.29 is 19.0 Å². The number of hydrogen-bond donors (Lipinski definition) is 1. The molecule has 3 rings (SSSR count). The van der Waals surface area contributed by atoms with E-state index in [2.05, 4.69) is 12.2 Å². The number of ether oxygens (including phenoxy) is 3. The second-order valence-electron chi connectivity index (χ2n) is 6.47. The molecule has 1 aliphatic heterocycles. The zero-order chi connectivity index (χ0) is 19.2. The summed E-state index contributed by atoms with van der Waals surface area (Å²) in [6, 6.07) is 11.9. The first kappa shape index (κ1) is 19.1. The van der Waals surface area contributed by atoms with Gasteiger partial charge in [0.15, 0.2) is 11.5 Å². The fourth-order valence-electron chi connectivity index (χ4n) is 3.32. The van der Waals surface area contributed by atoms with Crippen LogP contribution < -0.4 is 19.5 Å². The molecule has 2 aromatic rings. The Kier molecular flexibility index (Phi) is 6.22. The first-order chi connectivity index (χ1) is 13.2. The van der Waals surface area contributed by atoms with E-state index in [4.69, 9.17) is 14.2 Å². The number of carbonyl (C=O) groups is 1. The van der Waals surface area contributed by atoms with Gasteiger partial charge in [-0.25, -0.2) is 0 Å². The van der Waals surface area contributed by atoms with Crippen LogP contribution in [0.1, 0.15) is 50.7 Å². The molecule has 0 radical (unpaired) electrons. The van der Waals surface area contributed by atoms with Crippen LogP contribution in [-0.4, -0.2) is 25.7 Å². The largest absolute Gasteiger partial charge is 0.494 e. The van der Waals surface area contributed by atoms with Gasteiger partial charge in [0.1, 0.15) is 5.75 Å². The summed E-state index contributed by atoms with van der Waals surface area (Å²) in [5.41, 5.74) is 2.92. The van der Waals surface area contributed by atoms with Crippen LogP contribution in [0.3, 0.4) is 0 Å². The van der Waals surface area contributed by atoms with Crippen molar-refractivity contribution in [2.45, 2.75) is 39.5 Å². The molecule has 144 valence electrons. The first-order valence-corrected chi connectivity index (χ1v) is 9.62. The monoisotopic (exact) mass is 369 g/mol. The molecule has 0 spiro atoms. The molecule has 1 amide bonds. The maximum absolute atomic E-state index is 12.3. The van der Waals surface area contributed by atoms with Crippen LogP contribution in [0.15, 0.2) is 36.4 Å². The van der Waals surface area contributed by atoms with Crippen LogP contribution in [0.2, 0.25) is 0 Å². The van der Waals surface area contributed by atoms with Crippen molar-refractivity contribution in [2.75, 3.05) is 25.1 Å². The van der Waals surface area contributed by atoms with Gasteiger partial charge in [0, 0.05) is 24.1 Å².